The third kappa shape index (κ3) is 9.27. The van der Waals surface area contributed by atoms with Crippen LogP contribution in [0.4, 0.5) is 10.5 Å². The summed E-state index contributed by atoms with van der Waals surface area (Å²) in [5.74, 6) is 2.06. The summed E-state index contributed by atoms with van der Waals surface area (Å²) in [6.07, 6.45) is -0.235. The first-order valence-corrected chi connectivity index (χ1v) is 10.7. The molecule has 1 fully saturated rings. The van der Waals surface area contributed by atoms with E-state index in [0.29, 0.717) is 37.2 Å². The zero-order chi connectivity index (χ0) is 22.9. The van der Waals surface area contributed by atoms with Crippen LogP contribution in [0.5, 0.6) is 11.5 Å². The van der Waals surface area contributed by atoms with Crippen molar-refractivity contribution in [2.24, 2.45) is 4.99 Å². The van der Waals surface area contributed by atoms with Gasteiger partial charge in [0.2, 0.25) is 0 Å². The van der Waals surface area contributed by atoms with Gasteiger partial charge in [-0.3, -0.25) is 9.89 Å². The lowest BCUT2D eigenvalue weighted by Gasteiger charge is -2.35. The number of benzene rings is 1. The number of nitrogens with one attached hydrogen (secondary N) is 2. The van der Waals surface area contributed by atoms with Crippen LogP contribution in [0.25, 0.3) is 0 Å². The standard InChI is InChI=1S/C22H37N5O4.HI/c1-7-30-19-16-17(8-9-18(19)29-6)25-20(23-5)24-10-11-26-12-14-27(15-13-26)21(28)31-22(2,3)4;/h8-9,16H,7,10-15H2,1-6H3,(H2,23,24,25);1H. The number of ether oxygens (including phenoxy) is 3. The van der Waals surface area contributed by atoms with E-state index >= 15 is 0 Å². The molecule has 0 saturated carbocycles. The number of halogens is 1. The molecule has 10 heteroatoms. The molecule has 1 saturated heterocycles. The van der Waals surface area contributed by atoms with Gasteiger partial charge in [-0.25, -0.2) is 4.79 Å². The Labute approximate surface area is 208 Å². The number of nitrogens with zero attached hydrogens (tertiary/aromatic N) is 3. The lowest BCUT2D eigenvalue weighted by Crippen LogP contribution is -2.51. The van der Waals surface area contributed by atoms with Gasteiger partial charge in [0.15, 0.2) is 17.5 Å². The zero-order valence-corrected chi connectivity index (χ0v) is 22.4. The number of carbonyl (C=O) groups excluding carboxylic acids is 1. The molecule has 0 aliphatic carbocycles. The number of methoxy groups -OCH3 is 1. The molecule has 0 bridgehead atoms. The number of aliphatic imine (C=N–C) groups is 1. The predicted molar refractivity (Wildman–Crippen MR) is 139 cm³/mol. The highest BCUT2D eigenvalue weighted by Crippen LogP contribution is 2.30. The molecule has 0 aromatic heterocycles. The number of piperazine rings is 1. The molecule has 1 aromatic rings. The Morgan fingerprint density at radius 1 is 1.16 bits per heavy atom. The first-order valence-electron chi connectivity index (χ1n) is 10.7. The van der Waals surface area contributed by atoms with Gasteiger partial charge >= 0.3 is 6.09 Å². The van der Waals surface area contributed by atoms with Crippen LogP contribution in [-0.4, -0.2) is 87.5 Å². The summed E-state index contributed by atoms with van der Waals surface area (Å²) in [7, 11) is 3.36. The Bertz CT molecular complexity index is 746. The van der Waals surface area contributed by atoms with Gasteiger partial charge in [0.25, 0.3) is 0 Å². The largest absolute Gasteiger partial charge is 0.493 e. The molecule has 1 aromatic carbocycles. The number of guanidine groups is 1. The fourth-order valence-corrected chi connectivity index (χ4v) is 3.15. The number of anilines is 1. The summed E-state index contributed by atoms with van der Waals surface area (Å²) in [6.45, 7) is 12.7. The number of rotatable bonds is 7. The molecule has 9 nitrogen and oxygen atoms in total. The van der Waals surface area contributed by atoms with Gasteiger partial charge in [0, 0.05) is 58.1 Å². The van der Waals surface area contributed by atoms with E-state index in [-0.39, 0.29) is 30.1 Å². The van der Waals surface area contributed by atoms with E-state index in [1.54, 1.807) is 19.1 Å². The minimum Gasteiger partial charge on any atom is -0.493 e. The summed E-state index contributed by atoms with van der Waals surface area (Å²) < 4.78 is 16.4. The second-order valence-electron chi connectivity index (χ2n) is 8.23. The van der Waals surface area contributed by atoms with E-state index in [1.165, 1.54) is 0 Å². The van der Waals surface area contributed by atoms with Gasteiger partial charge in [-0.05, 0) is 39.8 Å². The first kappa shape index (κ1) is 28.1. The lowest BCUT2D eigenvalue weighted by molar-refractivity contribution is 0.0147. The van der Waals surface area contributed by atoms with Gasteiger partial charge in [0.05, 0.1) is 13.7 Å². The fourth-order valence-electron chi connectivity index (χ4n) is 3.15. The second kappa shape index (κ2) is 13.6. The van der Waals surface area contributed by atoms with Crippen molar-refractivity contribution in [2.75, 3.05) is 65.3 Å². The van der Waals surface area contributed by atoms with Crippen molar-refractivity contribution in [3.8, 4) is 11.5 Å². The summed E-state index contributed by atoms with van der Waals surface area (Å²) in [5, 5.41) is 6.61. The molecule has 182 valence electrons. The van der Waals surface area contributed by atoms with Gasteiger partial charge in [-0.15, -0.1) is 24.0 Å². The molecule has 1 heterocycles. The van der Waals surface area contributed by atoms with Crippen molar-refractivity contribution < 1.29 is 19.0 Å². The predicted octanol–water partition coefficient (Wildman–Crippen LogP) is 3.25. The third-order valence-electron chi connectivity index (χ3n) is 4.69. The summed E-state index contributed by atoms with van der Waals surface area (Å²) in [5.41, 5.74) is 0.400. The highest BCUT2D eigenvalue weighted by atomic mass is 127. The molecular formula is C22H38IN5O4. The molecule has 0 unspecified atom stereocenters. The number of amides is 1. The minimum absolute atomic E-state index is 0. The molecule has 0 spiro atoms. The normalized spacial score (nSPS) is 14.9. The van der Waals surface area contributed by atoms with Crippen LogP contribution in [-0.2, 0) is 4.74 Å². The van der Waals surface area contributed by atoms with Crippen molar-refractivity contribution in [1.82, 2.24) is 15.1 Å². The highest BCUT2D eigenvalue weighted by molar-refractivity contribution is 14.0. The maximum atomic E-state index is 12.2. The molecule has 0 radical (unpaired) electrons. The van der Waals surface area contributed by atoms with E-state index in [4.69, 9.17) is 14.2 Å². The first-order chi connectivity index (χ1) is 14.8. The van der Waals surface area contributed by atoms with Crippen LogP contribution in [0.3, 0.4) is 0 Å². The van der Waals surface area contributed by atoms with Crippen LogP contribution in [0.2, 0.25) is 0 Å². The molecule has 1 aliphatic rings. The lowest BCUT2D eigenvalue weighted by atomic mass is 10.2. The van der Waals surface area contributed by atoms with Crippen molar-refractivity contribution in [1.29, 1.82) is 0 Å². The number of carbonyl (C=O) groups is 1. The minimum atomic E-state index is -0.464. The average Bonchev–Trinajstić information content (AvgIpc) is 2.72. The number of hydrogen-bond donors (Lipinski definition) is 2. The molecule has 1 amide bonds. The quantitative estimate of drug-likeness (QED) is 0.299. The topological polar surface area (TPSA) is 87.7 Å². The Morgan fingerprint density at radius 2 is 1.84 bits per heavy atom. The second-order valence-corrected chi connectivity index (χ2v) is 8.23. The Kier molecular flexibility index (Phi) is 11.9. The van der Waals surface area contributed by atoms with Gasteiger partial charge in [0.1, 0.15) is 5.60 Å². The van der Waals surface area contributed by atoms with Crippen molar-refractivity contribution >= 4 is 41.7 Å². The molecule has 32 heavy (non-hydrogen) atoms. The third-order valence-corrected chi connectivity index (χ3v) is 4.69. The molecular weight excluding hydrogens is 525 g/mol. The van der Waals surface area contributed by atoms with Crippen LogP contribution in [0, 0.1) is 0 Å². The number of hydrogen-bond acceptors (Lipinski definition) is 6. The van der Waals surface area contributed by atoms with E-state index in [1.807, 2.05) is 45.9 Å². The fraction of sp³-hybridized carbons (Fsp3) is 0.636. The van der Waals surface area contributed by atoms with Gasteiger partial charge in [-0.1, -0.05) is 0 Å². The zero-order valence-electron chi connectivity index (χ0n) is 20.1. The monoisotopic (exact) mass is 563 g/mol. The van der Waals surface area contributed by atoms with Gasteiger partial charge in [-0.2, -0.15) is 0 Å². The SMILES string of the molecule is CCOc1cc(NC(=NC)NCCN2CCN(C(=O)OC(C)(C)C)CC2)ccc1OC.I. The van der Waals surface area contributed by atoms with Crippen molar-refractivity contribution in [3.63, 3.8) is 0 Å². The highest BCUT2D eigenvalue weighted by Gasteiger charge is 2.25. The molecule has 2 rings (SSSR count). The Balaban J connectivity index is 0.00000512. The summed E-state index contributed by atoms with van der Waals surface area (Å²) in [4.78, 5) is 20.6. The van der Waals surface area contributed by atoms with Crippen LogP contribution < -0.4 is 20.1 Å². The van der Waals surface area contributed by atoms with E-state index in [0.717, 1.165) is 31.9 Å². The maximum Gasteiger partial charge on any atom is 0.410 e. The molecule has 2 N–H and O–H groups in total. The molecule has 1 aliphatic heterocycles. The van der Waals surface area contributed by atoms with E-state index in [9.17, 15) is 4.79 Å². The maximum absolute atomic E-state index is 12.2. The van der Waals surface area contributed by atoms with Crippen LogP contribution >= 0.6 is 24.0 Å². The van der Waals surface area contributed by atoms with Crippen LogP contribution in [0.1, 0.15) is 27.7 Å². The van der Waals surface area contributed by atoms with Gasteiger partial charge < -0.3 is 29.7 Å². The van der Waals surface area contributed by atoms with E-state index in [2.05, 4.69) is 20.5 Å². The summed E-state index contributed by atoms with van der Waals surface area (Å²) >= 11 is 0. The Hall–Kier alpha value is -1.95. The van der Waals surface area contributed by atoms with Crippen molar-refractivity contribution in [2.45, 2.75) is 33.3 Å². The smallest absolute Gasteiger partial charge is 0.410 e. The average molecular weight is 563 g/mol. The summed E-state index contributed by atoms with van der Waals surface area (Å²) in [6, 6.07) is 5.68. The Morgan fingerprint density at radius 3 is 2.41 bits per heavy atom. The van der Waals surface area contributed by atoms with Crippen molar-refractivity contribution in [3.05, 3.63) is 18.2 Å². The van der Waals surface area contributed by atoms with Crippen LogP contribution in [0.15, 0.2) is 23.2 Å². The van der Waals surface area contributed by atoms with E-state index < -0.39 is 5.60 Å². The molecule has 0 atom stereocenters.